The van der Waals surface area contributed by atoms with E-state index in [0.29, 0.717) is 10.7 Å². The third kappa shape index (κ3) is 5.01. The van der Waals surface area contributed by atoms with Crippen molar-refractivity contribution in [1.82, 2.24) is 20.8 Å². The van der Waals surface area contributed by atoms with Crippen molar-refractivity contribution in [2.24, 2.45) is 0 Å². The van der Waals surface area contributed by atoms with Crippen LogP contribution in [0.4, 0.5) is 0 Å². The van der Waals surface area contributed by atoms with Gasteiger partial charge < -0.3 is 0 Å². The maximum Gasteiger partial charge on any atom is 0.289 e. The molecule has 0 bridgehead atoms. The van der Waals surface area contributed by atoms with Crippen molar-refractivity contribution in [1.29, 1.82) is 0 Å². The molecule has 1 aromatic carbocycles. The molecule has 6 nitrogen and oxygen atoms in total. The summed E-state index contributed by atoms with van der Waals surface area (Å²) in [4.78, 5) is 32.2. The lowest BCUT2D eigenvalue weighted by atomic mass is 10.4. The molecule has 0 fully saturated rings. The third-order valence-corrected chi connectivity index (χ3v) is 3.78. The van der Waals surface area contributed by atoms with Crippen LogP contribution in [0.3, 0.4) is 0 Å². The Morgan fingerprint density at radius 2 is 1.86 bits per heavy atom. The summed E-state index contributed by atoms with van der Waals surface area (Å²) in [6, 6.07) is 7.14. The van der Waals surface area contributed by atoms with Crippen molar-refractivity contribution in [3.8, 4) is 0 Å². The smallest absolute Gasteiger partial charge is 0.272 e. The topological polar surface area (TPSA) is 84.0 Å². The number of hydrogen-bond acceptors (Lipinski definition) is 5. The standard InChI is InChI=1S/C14H13ClN4O2S/c1-9-6-17-12(7-16-9)14(21)19-18-13(20)8-22-11-4-2-10(15)3-5-11/h2-7H,8H2,1H3,(H,18,20)(H,19,21). The number of amides is 2. The van der Waals surface area contributed by atoms with Crippen LogP contribution in [-0.2, 0) is 4.79 Å². The second-order valence-electron chi connectivity index (χ2n) is 4.29. The molecule has 8 heteroatoms. The van der Waals surface area contributed by atoms with E-state index in [1.807, 2.05) is 12.1 Å². The Morgan fingerprint density at radius 1 is 1.14 bits per heavy atom. The highest BCUT2D eigenvalue weighted by molar-refractivity contribution is 8.00. The lowest BCUT2D eigenvalue weighted by molar-refractivity contribution is -0.119. The zero-order valence-electron chi connectivity index (χ0n) is 11.7. The molecule has 0 unspecified atom stereocenters. The van der Waals surface area contributed by atoms with Gasteiger partial charge in [-0.15, -0.1) is 11.8 Å². The van der Waals surface area contributed by atoms with Crippen LogP contribution in [0.2, 0.25) is 5.02 Å². The number of aryl methyl sites for hydroxylation is 1. The quantitative estimate of drug-likeness (QED) is 0.659. The molecule has 0 aliphatic carbocycles. The summed E-state index contributed by atoms with van der Waals surface area (Å²) in [5.41, 5.74) is 5.46. The minimum Gasteiger partial charge on any atom is -0.272 e. The average Bonchev–Trinajstić information content (AvgIpc) is 2.52. The predicted molar refractivity (Wildman–Crippen MR) is 84.6 cm³/mol. The van der Waals surface area contributed by atoms with Gasteiger partial charge in [0.1, 0.15) is 5.69 Å². The first-order valence-electron chi connectivity index (χ1n) is 6.31. The molecule has 0 saturated carbocycles. The number of carbonyl (C=O) groups excluding carboxylic acids is 2. The Labute approximate surface area is 136 Å². The minimum absolute atomic E-state index is 0.135. The number of halogens is 1. The Morgan fingerprint density at radius 3 is 2.50 bits per heavy atom. The lowest BCUT2D eigenvalue weighted by Crippen LogP contribution is -2.42. The van der Waals surface area contributed by atoms with E-state index in [1.165, 1.54) is 24.2 Å². The SMILES string of the molecule is Cc1cnc(C(=O)NNC(=O)CSc2ccc(Cl)cc2)cn1. The van der Waals surface area contributed by atoms with Gasteiger partial charge in [0.15, 0.2) is 0 Å². The number of hydrogen-bond donors (Lipinski definition) is 2. The molecular formula is C14H13ClN4O2S. The van der Waals surface area contributed by atoms with Gasteiger partial charge in [-0.1, -0.05) is 11.6 Å². The van der Waals surface area contributed by atoms with Crippen molar-refractivity contribution in [3.63, 3.8) is 0 Å². The van der Waals surface area contributed by atoms with Gasteiger partial charge in [0.25, 0.3) is 5.91 Å². The van der Waals surface area contributed by atoms with E-state index in [-0.39, 0.29) is 17.4 Å². The molecule has 0 saturated heterocycles. The number of hydrazine groups is 1. The second kappa shape index (κ2) is 7.77. The molecule has 2 N–H and O–H groups in total. The van der Waals surface area contributed by atoms with Crippen LogP contribution in [0.1, 0.15) is 16.2 Å². The second-order valence-corrected chi connectivity index (χ2v) is 5.77. The maximum atomic E-state index is 11.7. The predicted octanol–water partition coefficient (Wildman–Crippen LogP) is 1.99. The van der Waals surface area contributed by atoms with Gasteiger partial charge >= 0.3 is 0 Å². The monoisotopic (exact) mass is 336 g/mol. The fraction of sp³-hybridized carbons (Fsp3) is 0.143. The maximum absolute atomic E-state index is 11.7. The van der Waals surface area contributed by atoms with Gasteiger partial charge in [0.2, 0.25) is 5.91 Å². The molecule has 0 aliphatic rings. The summed E-state index contributed by atoms with van der Waals surface area (Å²) < 4.78 is 0. The number of aromatic nitrogens is 2. The van der Waals surface area contributed by atoms with Gasteiger partial charge in [0, 0.05) is 16.1 Å². The zero-order chi connectivity index (χ0) is 15.9. The van der Waals surface area contributed by atoms with E-state index in [4.69, 9.17) is 11.6 Å². The molecule has 1 heterocycles. The van der Waals surface area contributed by atoms with Gasteiger partial charge in [-0.25, -0.2) is 4.98 Å². The van der Waals surface area contributed by atoms with Crippen molar-refractivity contribution in [2.75, 3.05) is 5.75 Å². The molecule has 0 atom stereocenters. The van der Waals surface area contributed by atoms with E-state index in [0.717, 1.165) is 4.90 Å². The van der Waals surface area contributed by atoms with E-state index in [2.05, 4.69) is 20.8 Å². The normalized spacial score (nSPS) is 10.1. The first-order valence-corrected chi connectivity index (χ1v) is 7.67. The number of rotatable bonds is 4. The largest absolute Gasteiger partial charge is 0.289 e. The molecule has 0 radical (unpaired) electrons. The lowest BCUT2D eigenvalue weighted by Gasteiger charge is -2.07. The number of carbonyl (C=O) groups is 2. The Bertz CT molecular complexity index is 662. The van der Waals surface area contributed by atoms with Crippen LogP contribution < -0.4 is 10.9 Å². The first kappa shape index (κ1) is 16.3. The van der Waals surface area contributed by atoms with E-state index in [9.17, 15) is 9.59 Å². The molecule has 114 valence electrons. The van der Waals surface area contributed by atoms with Gasteiger partial charge in [-0.05, 0) is 31.2 Å². The van der Waals surface area contributed by atoms with Crippen LogP contribution in [0.15, 0.2) is 41.6 Å². The third-order valence-electron chi connectivity index (χ3n) is 2.51. The van der Waals surface area contributed by atoms with Crippen LogP contribution in [-0.4, -0.2) is 27.5 Å². The Kier molecular flexibility index (Phi) is 5.74. The summed E-state index contributed by atoms with van der Waals surface area (Å²) in [7, 11) is 0. The summed E-state index contributed by atoms with van der Waals surface area (Å²) >= 11 is 7.12. The van der Waals surface area contributed by atoms with E-state index >= 15 is 0 Å². The highest BCUT2D eigenvalue weighted by atomic mass is 35.5. The van der Waals surface area contributed by atoms with E-state index in [1.54, 1.807) is 19.1 Å². The van der Waals surface area contributed by atoms with Gasteiger partial charge in [-0.2, -0.15) is 0 Å². The average molecular weight is 337 g/mol. The molecule has 2 aromatic rings. The van der Waals surface area contributed by atoms with Gasteiger partial charge in [0.05, 0.1) is 17.6 Å². The fourth-order valence-corrected chi connectivity index (χ4v) is 2.24. The van der Waals surface area contributed by atoms with Crippen LogP contribution >= 0.6 is 23.4 Å². The van der Waals surface area contributed by atoms with Crippen LogP contribution in [0.25, 0.3) is 0 Å². The highest BCUT2D eigenvalue weighted by Gasteiger charge is 2.09. The summed E-state index contributed by atoms with van der Waals surface area (Å²) in [6.45, 7) is 1.77. The van der Waals surface area contributed by atoms with Crippen LogP contribution in [0, 0.1) is 6.92 Å². The summed E-state index contributed by atoms with van der Waals surface area (Å²) in [5.74, 6) is -0.674. The van der Waals surface area contributed by atoms with Crippen molar-refractivity contribution >= 4 is 35.2 Å². The molecule has 22 heavy (non-hydrogen) atoms. The number of nitrogens with zero attached hydrogens (tertiary/aromatic N) is 2. The molecule has 1 aromatic heterocycles. The molecular weight excluding hydrogens is 324 g/mol. The molecule has 0 spiro atoms. The molecule has 0 aliphatic heterocycles. The fourth-order valence-electron chi connectivity index (χ4n) is 1.42. The van der Waals surface area contributed by atoms with E-state index < -0.39 is 5.91 Å². The van der Waals surface area contributed by atoms with Crippen molar-refractivity contribution in [2.45, 2.75) is 11.8 Å². The van der Waals surface area contributed by atoms with Crippen LogP contribution in [0.5, 0.6) is 0 Å². The Balaban J connectivity index is 1.76. The summed E-state index contributed by atoms with van der Waals surface area (Å²) in [6.07, 6.45) is 2.83. The number of benzene rings is 1. The van der Waals surface area contributed by atoms with Crippen molar-refractivity contribution < 1.29 is 9.59 Å². The zero-order valence-corrected chi connectivity index (χ0v) is 13.2. The first-order chi connectivity index (χ1) is 10.5. The number of thioether (sulfide) groups is 1. The summed E-state index contributed by atoms with van der Waals surface area (Å²) in [5, 5.41) is 0.639. The minimum atomic E-state index is -0.516. The number of nitrogens with one attached hydrogen (secondary N) is 2. The Hall–Kier alpha value is -2.12. The van der Waals surface area contributed by atoms with Crippen molar-refractivity contribution in [3.05, 3.63) is 53.1 Å². The van der Waals surface area contributed by atoms with Gasteiger partial charge in [-0.3, -0.25) is 25.4 Å². The molecule has 2 rings (SSSR count). The highest BCUT2D eigenvalue weighted by Crippen LogP contribution is 2.19. The molecule has 2 amide bonds.